The second-order valence-corrected chi connectivity index (χ2v) is 13.4. The highest BCUT2D eigenvalue weighted by atomic mass is 32.2. The summed E-state index contributed by atoms with van der Waals surface area (Å²) in [4.78, 5) is 16.8. The van der Waals surface area contributed by atoms with E-state index in [9.17, 15) is 9.90 Å². The summed E-state index contributed by atoms with van der Waals surface area (Å²) in [5.74, 6) is 0.815. The molecule has 9 heteroatoms. The monoisotopic (exact) mass is 652 g/mol. The number of aliphatic hydroxyl groups is 1. The lowest BCUT2D eigenvalue weighted by molar-refractivity contribution is -0.268. The van der Waals surface area contributed by atoms with Gasteiger partial charge < -0.3 is 24.6 Å². The van der Waals surface area contributed by atoms with E-state index < -0.39 is 12.4 Å². The Bertz CT molecular complexity index is 1740. The van der Waals surface area contributed by atoms with Crippen LogP contribution in [0.25, 0.3) is 21.3 Å². The van der Waals surface area contributed by atoms with Crippen molar-refractivity contribution in [2.45, 2.75) is 42.9 Å². The number of carbonyl (C=O) groups excluding carboxylic acids is 1. The third-order valence-electron chi connectivity index (χ3n) is 8.04. The topological polar surface area (TPSA) is 89.9 Å². The Labute approximate surface area is 277 Å². The highest BCUT2D eigenvalue weighted by Gasteiger charge is 2.38. The first kappa shape index (κ1) is 32.0. The van der Waals surface area contributed by atoms with Crippen molar-refractivity contribution in [3.05, 3.63) is 132 Å². The van der Waals surface area contributed by atoms with Gasteiger partial charge in [-0.05, 0) is 39.9 Å². The number of thioether (sulfide) groups is 1. The lowest BCUT2D eigenvalue weighted by atomic mass is 9.91. The van der Waals surface area contributed by atoms with Gasteiger partial charge in [0.15, 0.2) is 10.6 Å². The molecule has 1 aromatic heterocycles. The fourth-order valence-electron chi connectivity index (χ4n) is 5.51. The van der Waals surface area contributed by atoms with E-state index in [0.717, 1.165) is 49.0 Å². The lowest BCUT2D eigenvalue weighted by Gasteiger charge is -2.41. The first-order chi connectivity index (χ1) is 22.5. The summed E-state index contributed by atoms with van der Waals surface area (Å²) in [6.45, 7) is 6.25. The minimum Gasteiger partial charge on any atom is -0.445 e. The number of nitrogens with zero attached hydrogens (tertiary/aromatic N) is 1. The number of carbonyl (C=O) groups is 1. The normalized spacial score (nSPS) is 19.5. The standard InChI is InChI=1S/C37H36N2O5S2/c1-3-20-42-36(41)38-21-29-8-4-5-9-30(29)26-16-18-28(19-17-26)35-43-32(23-45-37-39-31-10-6-7-11-33(31)46-37)24(2)34(44-35)27-14-12-25(22-40)13-15-27/h3-19,24,32,34-35,40H,1,20-23H2,2H3,(H,38,41). The Morgan fingerprint density at radius 2 is 1.74 bits per heavy atom. The van der Waals surface area contributed by atoms with Gasteiger partial charge in [-0.25, -0.2) is 9.78 Å². The molecule has 5 aromatic rings. The Morgan fingerprint density at radius 3 is 2.50 bits per heavy atom. The van der Waals surface area contributed by atoms with Crippen LogP contribution < -0.4 is 5.32 Å². The second-order valence-electron chi connectivity index (χ2n) is 11.1. The van der Waals surface area contributed by atoms with Crippen molar-refractivity contribution in [3.63, 3.8) is 0 Å². The summed E-state index contributed by atoms with van der Waals surface area (Å²) in [6.07, 6.45) is 0.201. The fraction of sp³-hybridized carbons (Fsp3) is 0.243. The maximum atomic E-state index is 12.0. The van der Waals surface area contributed by atoms with Gasteiger partial charge in [0, 0.05) is 23.8 Å². The van der Waals surface area contributed by atoms with Gasteiger partial charge in [-0.3, -0.25) is 0 Å². The number of amides is 1. The molecule has 1 amide bonds. The van der Waals surface area contributed by atoms with E-state index in [1.54, 1.807) is 23.1 Å². The predicted octanol–water partition coefficient (Wildman–Crippen LogP) is 8.45. The van der Waals surface area contributed by atoms with Crippen molar-refractivity contribution < 1.29 is 24.1 Å². The van der Waals surface area contributed by atoms with E-state index in [1.807, 2.05) is 78.9 Å². The molecule has 2 N–H and O–H groups in total. The first-order valence-corrected chi connectivity index (χ1v) is 17.0. The van der Waals surface area contributed by atoms with Gasteiger partial charge in [-0.1, -0.05) is 116 Å². The second kappa shape index (κ2) is 15.1. The number of rotatable bonds is 11. The number of hydrogen-bond acceptors (Lipinski definition) is 8. The summed E-state index contributed by atoms with van der Waals surface area (Å²) in [7, 11) is 0. The number of para-hydroxylation sites is 1. The molecule has 4 atom stereocenters. The van der Waals surface area contributed by atoms with Gasteiger partial charge in [-0.15, -0.1) is 11.3 Å². The number of ether oxygens (including phenoxy) is 3. The number of aromatic nitrogens is 1. The molecule has 1 saturated heterocycles. The SMILES string of the molecule is C=CCOC(=O)NCc1ccccc1-c1ccc(C2OC(CSc3nc4ccccc4s3)C(C)C(c3ccc(CO)cc3)O2)cc1. The molecule has 0 aliphatic carbocycles. The summed E-state index contributed by atoms with van der Waals surface area (Å²) < 4.78 is 20.6. The Morgan fingerprint density at radius 1 is 1.00 bits per heavy atom. The van der Waals surface area contributed by atoms with Gasteiger partial charge >= 0.3 is 6.09 Å². The summed E-state index contributed by atoms with van der Waals surface area (Å²) >= 11 is 3.42. The van der Waals surface area contributed by atoms with Gasteiger partial charge in [0.05, 0.1) is 29.0 Å². The molecule has 46 heavy (non-hydrogen) atoms. The third-order valence-corrected chi connectivity index (χ3v) is 10.3. The van der Waals surface area contributed by atoms with Crippen LogP contribution >= 0.6 is 23.1 Å². The minimum absolute atomic E-state index is 0.000533. The molecule has 6 rings (SSSR count). The maximum absolute atomic E-state index is 12.0. The van der Waals surface area contributed by atoms with Gasteiger partial charge in [0.2, 0.25) is 0 Å². The van der Waals surface area contributed by atoms with E-state index in [0.29, 0.717) is 6.54 Å². The number of alkyl carbamates (subject to hydrolysis) is 1. The molecule has 4 aromatic carbocycles. The molecule has 2 heterocycles. The van der Waals surface area contributed by atoms with E-state index >= 15 is 0 Å². The maximum Gasteiger partial charge on any atom is 0.407 e. The molecule has 0 radical (unpaired) electrons. The van der Waals surface area contributed by atoms with Crippen LogP contribution in [-0.4, -0.2) is 34.6 Å². The number of nitrogens with one attached hydrogen (secondary N) is 1. The molecule has 4 unspecified atom stereocenters. The van der Waals surface area contributed by atoms with Crippen LogP contribution in [0, 0.1) is 5.92 Å². The van der Waals surface area contributed by atoms with Crippen LogP contribution in [0.2, 0.25) is 0 Å². The molecule has 0 saturated carbocycles. The molecule has 1 fully saturated rings. The molecular formula is C37H36N2O5S2. The van der Waals surface area contributed by atoms with Crippen molar-refractivity contribution in [1.29, 1.82) is 0 Å². The number of fused-ring (bicyclic) bond motifs is 1. The zero-order valence-corrected chi connectivity index (χ0v) is 27.1. The Balaban J connectivity index is 1.21. The first-order valence-electron chi connectivity index (χ1n) is 15.2. The van der Waals surface area contributed by atoms with Crippen molar-refractivity contribution in [1.82, 2.24) is 10.3 Å². The smallest absolute Gasteiger partial charge is 0.407 e. The van der Waals surface area contributed by atoms with Crippen molar-refractivity contribution in [3.8, 4) is 11.1 Å². The van der Waals surface area contributed by atoms with E-state index in [-0.39, 0.29) is 31.3 Å². The zero-order valence-electron chi connectivity index (χ0n) is 25.5. The fourth-order valence-corrected chi connectivity index (χ4v) is 7.76. The average molecular weight is 653 g/mol. The quantitative estimate of drug-likeness (QED) is 0.109. The van der Waals surface area contributed by atoms with Crippen LogP contribution in [-0.2, 0) is 27.4 Å². The number of aliphatic hydroxyl groups excluding tert-OH is 1. The average Bonchev–Trinajstić information content (AvgIpc) is 3.53. The Kier molecular flexibility index (Phi) is 10.5. The molecular weight excluding hydrogens is 617 g/mol. The van der Waals surface area contributed by atoms with Gasteiger partial charge in [-0.2, -0.15) is 0 Å². The van der Waals surface area contributed by atoms with Crippen molar-refractivity contribution >= 4 is 39.4 Å². The summed E-state index contributed by atoms with van der Waals surface area (Å²) in [5, 5.41) is 12.4. The molecule has 0 bridgehead atoms. The number of thiazole rings is 1. The van der Waals surface area contributed by atoms with Gasteiger partial charge in [0.1, 0.15) is 6.61 Å². The number of benzene rings is 4. The predicted molar refractivity (Wildman–Crippen MR) is 184 cm³/mol. The molecule has 1 aliphatic heterocycles. The van der Waals surface area contributed by atoms with Crippen LogP contribution in [0.4, 0.5) is 4.79 Å². The number of hydrogen-bond donors (Lipinski definition) is 2. The molecule has 1 aliphatic rings. The van der Waals surface area contributed by atoms with Crippen LogP contribution in [0.3, 0.4) is 0 Å². The van der Waals surface area contributed by atoms with Crippen molar-refractivity contribution in [2.75, 3.05) is 12.4 Å². The summed E-state index contributed by atoms with van der Waals surface area (Å²) in [5.41, 5.74) is 6.86. The van der Waals surface area contributed by atoms with Crippen molar-refractivity contribution in [2.24, 2.45) is 5.92 Å². The molecule has 0 spiro atoms. The minimum atomic E-state index is -0.565. The summed E-state index contributed by atoms with van der Waals surface area (Å²) in [6, 6.07) is 32.3. The van der Waals surface area contributed by atoms with Crippen LogP contribution in [0.1, 0.15) is 41.6 Å². The molecule has 236 valence electrons. The van der Waals surface area contributed by atoms with Gasteiger partial charge in [0.25, 0.3) is 0 Å². The molecule has 7 nitrogen and oxygen atoms in total. The van der Waals surface area contributed by atoms with E-state index in [4.69, 9.17) is 19.2 Å². The largest absolute Gasteiger partial charge is 0.445 e. The highest BCUT2D eigenvalue weighted by Crippen LogP contribution is 2.44. The lowest BCUT2D eigenvalue weighted by Crippen LogP contribution is -2.38. The zero-order chi connectivity index (χ0) is 31.9. The highest BCUT2D eigenvalue weighted by molar-refractivity contribution is 8.01. The third kappa shape index (κ3) is 7.52. The van der Waals surface area contributed by atoms with Crippen LogP contribution in [0.5, 0.6) is 0 Å². The van der Waals surface area contributed by atoms with Crippen LogP contribution in [0.15, 0.2) is 114 Å². The van der Waals surface area contributed by atoms with E-state index in [2.05, 4.69) is 37.0 Å². The van der Waals surface area contributed by atoms with E-state index in [1.165, 1.54) is 10.8 Å². The Hall–Kier alpha value is -3.99.